The van der Waals surface area contributed by atoms with Gasteiger partial charge in [0.25, 0.3) is 0 Å². The number of methoxy groups -OCH3 is 3. The van der Waals surface area contributed by atoms with Crippen molar-refractivity contribution < 1.29 is 28.5 Å². The van der Waals surface area contributed by atoms with E-state index in [4.69, 9.17) is 23.7 Å². The summed E-state index contributed by atoms with van der Waals surface area (Å²) in [5.41, 5.74) is 0.639. The van der Waals surface area contributed by atoms with Gasteiger partial charge in [0.05, 0.1) is 19.6 Å². The minimum absolute atomic E-state index is 0.0186. The van der Waals surface area contributed by atoms with Gasteiger partial charge in [0.1, 0.15) is 28.8 Å². The molecule has 6 heteroatoms. The van der Waals surface area contributed by atoms with Crippen LogP contribution >= 0.6 is 0 Å². The number of benzene rings is 1. The fourth-order valence-corrected chi connectivity index (χ4v) is 3.62. The topological polar surface area (TPSA) is 63.2 Å². The number of Topliss-reactive ketones (excluding diaryl/α,β-unsaturated/α-hetero) is 1. The second kappa shape index (κ2) is 6.35. The molecule has 4 atom stereocenters. The van der Waals surface area contributed by atoms with E-state index in [-0.39, 0.29) is 24.6 Å². The quantitative estimate of drug-likeness (QED) is 0.842. The zero-order chi connectivity index (χ0) is 17.5. The molecule has 0 amide bonds. The lowest BCUT2D eigenvalue weighted by Gasteiger charge is -2.40. The zero-order valence-electron chi connectivity index (χ0n) is 14.8. The molecule has 1 saturated heterocycles. The van der Waals surface area contributed by atoms with E-state index < -0.39 is 11.7 Å². The van der Waals surface area contributed by atoms with Crippen LogP contribution in [0.1, 0.15) is 35.7 Å². The number of hydrogen-bond donors (Lipinski definition) is 0. The Morgan fingerprint density at radius 2 is 1.96 bits per heavy atom. The van der Waals surface area contributed by atoms with Gasteiger partial charge in [-0.3, -0.25) is 4.79 Å². The maximum atomic E-state index is 12.8. The lowest BCUT2D eigenvalue weighted by Crippen LogP contribution is -2.53. The number of aryl methyl sites for hydroxylation is 1. The van der Waals surface area contributed by atoms with E-state index in [1.54, 1.807) is 21.3 Å². The van der Waals surface area contributed by atoms with Crippen LogP contribution in [0.4, 0.5) is 0 Å². The Kier molecular flexibility index (Phi) is 4.55. The van der Waals surface area contributed by atoms with E-state index in [2.05, 4.69) is 0 Å². The van der Waals surface area contributed by atoms with Gasteiger partial charge in [-0.1, -0.05) is 0 Å². The van der Waals surface area contributed by atoms with Crippen LogP contribution in [0, 0.1) is 6.92 Å². The average Bonchev–Trinajstić information content (AvgIpc) is 2.97. The van der Waals surface area contributed by atoms with Crippen LogP contribution in [0.2, 0.25) is 0 Å². The number of ether oxygens (including phenoxy) is 5. The van der Waals surface area contributed by atoms with Crippen LogP contribution in [0.5, 0.6) is 11.5 Å². The van der Waals surface area contributed by atoms with E-state index in [0.717, 1.165) is 5.56 Å². The molecule has 0 aliphatic carbocycles. The Morgan fingerprint density at radius 1 is 1.21 bits per heavy atom. The highest BCUT2D eigenvalue weighted by atomic mass is 16.7. The summed E-state index contributed by atoms with van der Waals surface area (Å²) in [6, 6.07) is 3.70. The number of hydrogen-bond acceptors (Lipinski definition) is 6. The first kappa shape index (κ1) is 17.2. The number of carbonyl (C=O) groups excluding carboxylic acids is 1. The number of ketones is 1. The SMILES string of the molecule is COc1cc(C)cc2c1C(=O)C[C@@](C)([C@H]1O[C@H](OC)C[C@H]1OC)O2. The minimum atomic E-state index is -0.823. The lowest BCUT2D eigenvalue weighted by molar-refractivity contribution is -0.167. The third-order valence-electron chi connectivity index (χ3n) is 4.79. The third kappa shape index (κ3) is 2.79. The van der Waals surface area contributed by atoms with E-state index in [0.29, 0.717) is 23.5 Å². The van der Waals surface area contributed by atoms with Crippen molar-refractivity contribution in [3.8, 4) is 11.5 Å². The third-order valence-corrected chi connectivity index (χ3v) is 4.79. The van der Waals surface area contributed by atoms with Crippen LogP contribution in [0.15, 0.2) is 12.1 Å². The van der Waals surface area contributed by atoms with Crippen molar-refractivity contribution in [2.24, 2.45) is 0 Å². The molecule has 3 rings (SSSR count). The van der Waals surface area contributed by atoms with Gasteiger partial charge < -0.3 is 23.7 Å². The number of fused-ring (bicyclic) bond motifs is 1. The van der Waals surface area contributed by atoms with Crippen molar-refractivity contribution in [2.75, 3.05) is 21.3 Å². The average molecular weight is 336 g/mol. The standard InChI is InChI=1S/C18H24O6/c1-10-6-12(20-3)16-11(19)9-18(2,24-13(16)7-10)17-14(21-4)8-15(22-5)23-17/h6-7,14-15,17H,8-9H2,1-5H3/t14-,15+,17+,18+/m1/s1. The molecule has 0 bridgehead atoms. The summed E-state index contributed by atoms with van der Waals surface area (Å²) in [6.07, 6.45) is -0.143. The van der Waals surface area contributed by atoms with E-state index in [1.165, 1.54) is 0 Å². The smallest absolute Gasteiger partial charge is 0.174 e. The van der Waals surface area contributed by atoms with Gasteiger partial charge in [-0.15, -0.1) is 0 Å². The van der Waals surface area contributed by atoms with Gasteiger partial charge in [-0.2, -0.15) is 0 Å². The summed E-state index contributed by atoms with van der Waals surface area (Å²) in [5.74, 6) is 1.06. The summed E-state index contributed by atoms with van der Waals surface area (Å²) in [7, 11) is 4.78. The molecule has 0 unspecified atom stereocenters. The van der Waals surface area contributed by atoms with Gasteiger partial charge in [0.15, 0.2) is 12.1 Å². The predicted molar refractivity (Wildman–Crippen MR) is 86.8 cm³/mol. The first-order chi connectivity index (χ1) is 11.4. The van der Waals surface area contributed by atoms with Crippen LogP contribution in [-0.4, -0.2) is 51.2 Å². The second-order valence-corrected chi connectivity index (χ2v) is 6.59. The molecule has 1 aromatic rings. The second-order valence-electron chi connectivity index (χ2n) is 6.59. The highest BCUT2D eigenvalue weighted by molar-refractivity contribution is 6.03. The van der Waals surface area contributed by atoms with Crippen molar-refractivity contribution in [3.63, 3.8) is 0 Å². The molecule has 1 aromatic carbocycles. The minimum Gasteiger partial charge on any atom is -0.496 e. The zero-order valence-corrected chi connectivity index (χ0v) is 14.8. The van der Waals surface area contributed by atoms with Gasteiger partial charge in [0.2, 0.25) is 0 Å². The Bertz CT molecular complexity index is 643. The Hall–Kier alpha value is -1.63. The van der Waals surface area contributed by atoms with Crippen LogP contribution < -0.4 is 9.47 Å². The molecule has 2 aliphatic heterocycles. The van der Waals surface area contributed by atoms with E-state index >= 15 is 0 Å². The summed E-state index contributed by atoms with van der Waals surface area (Å²) < 4.78 is 28.4. The Balaban J connectivity index is 1.97. The highest BCUT2D eigenvalue weighted by Gasteiger charge is 2.52. The predicted octanol–water partition coefficient (Wildman–Crippen LogP) is 2.50. The summed E-state index contributed by atoms with van der Waals surface area (Å²) in [5, 5.41) is 0. The molecule has 1 fully saturated rings. The fraction of sp³-hybridized carbons (Fsp3) is 0.611. The Labute approximate surface area is 142 Å². The first-order valence-electron chi connectivity index (χ1n) is 8.03. The lowest BCUT2D eigenvalue weighted by atomic mass is 9.84. The van der Waals surface area contributed by atoms with Crippen molar-refractivity contribution in [1.29, 1.82) is 0 Å². The van der Waals surface area contributed by atoms with Crippen molar-refractivity contribution in [2.45, 2.75) is 50.8 Å². The molecule has 0 spiro atoms. The molecular formula is C18H24O6. The normalized spacial score (nSPS) is 32.4. The maximum Gasteiger partial charge on any atom is 0.174 e. The van der Waals surface area contributed by atoms with Crippen molar-refractivity contribution >= 4 is 5.78 Å². The molecule has 132 valence electrons. The highest BCUT2D eigenvalue weighted by Crippen LogP contribution is 2.44. The number of carbonyl (C=O) groups is 1. The summed E-state index contributed by atoms with van der Waals surface area (Å²) in [4.78, 5) is 12.8. The molecule has 0 N–H and O–H groups in total. The summed E-state index contributed by atoms with van der Waals surface area (Å²) in [6.45, 7) is 3.82. The molecule has 2 heterocycles. The molecule has 0 aromatic heterocycles. The monoisotopic (exact) mass is 336 g/mol. The molecule has 6 nitrogen and oxygen atoms in total. The van der Waals surface area contributed by atoms with Crippen LogP contribution in [-0.2, 0) is 14.2 Å². The molecule has 0 saturated carbocycles. The van der Waals surface area contributed by atoms with Crippen LogP contribution in [0.25, 0.3) is 0 Å². The largest absolute Gasteiger partial charge is 0.496 e. The molecular weight excluding hydrogens is 312 g/mol. The molecule has 0 radical (unpaired) electrons. The van der Waals surface area contributed by atoms with E-state index in [1.807, 2.05) is 26.0 Å². The Morgan fingerprint density at radius 3 is 2.58 bits per heavy atom. The van der Waals surface area contributed by atoms with Crippen molar-refractivity contribution in [1.82, 2.24) is 0 Å². The van der Waals surface area contributed by atoms with Crippen LogP contribution in [0.3, 0.4) is 0 Å². The summed E-state index contributed by atoms with van der Waals surface area (Å²) >= 11 is 0. The van der Waals surface area contributed by atoms with Gasteiger partial charge in [-0.25, -0.2) is 0 Å². The molecule has 24 heavy (non-hydrogen) atoms. The van der Waals surface area contributed by atoms with E-state index in [9.17, 15) is 4.79 Å². The molecule has 2 aliphatic rings. The first-order valence-corrected chi connectivity index (χ1v) is 8.03. The fourth-order valence-electron chi connectivity index (χ4n) is 3.62. The maximum absolute atomic E-state index is 12.8. The van der Waals surface area contributed by atoms with Gasteiger partial charge in [-0.05, 0) is 31.5 Å². The van der Waals surface area contributed by atoms with Crippen molar-refractivity contribution in [3.05, 3.63) is 23.3 Å². The van der Waals surface area contributed by atoms with Gasteiger partial charge in [0, 0.05) is 20.6 Å². The number of rotatable bonds is 4. The van der Waals surface area contributed by atoms with Gasteiger partial charge >= 0.3 is 0 Å².